The van der Waals surface area contributed by atoms with Gasteiger partial charge in [-0.2, -0.15) is 0 Å². The minimum atomic E-state index is -3.06. The summed E-state index contributed by atoms with van der Waals surface area (Å²) in [5.41, 5.74) is 0.756. The molecule has 1 fully saturated rings. The standard InChI is InChI=1S/C15H21N3O4S/c1-12(19)18(14-6-9-23(21,22)11-14)8-5-15(20)17-10-13-4-2-3-7-16-13/h2-4,7,14H,5-6,8-11H2,1H3,(H,17,20). The van der Waals surface area contributed by atoms with Gasteiger partial charge in [-0.3, -0.25) is 14.6 Å². The SMILES string of the molecule is CC(=O)N(CCC(=O)NCc1ccccn1)C1CCS(=O)(=O)C1. The summed E-state index contributed by atoms with van der Waals surface area (Å²) in [5.74, 6) is -0.303. The Morgan fingerprint density at radius 1 is 1.39 bits per heavy atom. The average molecular weight is 339 g/mol. The molecule has 1 N–H and O–H groups in total. The van der Waals surface area contributed by atoms with Crippen LogP contribution in [0, 0.1) is 0 Å². The first-order valence-corrected chi connectivity index (χ1v) is 9.34. The zero-order valence-electron chi connectivity index (χ0n) is 13.1. The van der Waals surface area contributed by atoms with Crippen LogP contribution in [0.3, 0.4) is 0 Å². The van der Waals surface area contributed by atoms with Gasteiger partial charge in [0.05, 0.1) is 23.7 Å². The molecule has 126 valence electrons. The lowest BCUT2D eigenvalue weighted by atomic mass is 10.2. The molecule has 7 nitrogen and oxygen atoms in total. The Morgan fingerprint density at radius 2 is 2.17 bits per heavy atom. The lowest BCUT2D eigenvalue weighted by Gasteiger charge is -2.26. The Kier molecular flexibility index (Phi) is 5.70. The van der Waals surface area contributed by atoms with Gasteiger partial charge in [-0.25, -0.2) is 8.42 Å². The van der Waals surface area contributed by atoms with Crippen molar-refractivity contribution in [1.29, 1.82) is 0 Å². The van der Waals surface area contributed by atoms with Gasteiger partial charge in [-0.15, -0.1) is 0 Å². The van der Waals surface area contributed by atoms with E-state index in [9.17, 15) is 18.0 Å². The van der Waals surface area contributed by atoms with E-state index < -0.39 is 9.84 Å². The number of amides is 2. The number of carbonyl (C=O) groups is 2. The summed E-state index contributed by atoms with van der Waals surface area (Å²) in [4.78, 5) is 29.2. The third-order valence-corrected chi connectivity index (χ3v) is 5.58. The molecule has 0 aromatic carbocycles. The third kappa shape index (κ3) is 5.31. The Hall–Kier alpha value is -1.96. The molecule has 2 rings (SSSR count). The Bertz CT molecular complexity index is 661. The number of nitrogens with zero attached hydrogens (tertiary/aromatic N) is 2. The van der Waals surface area contributed by atoms with Gasteiger partial charge in [0.15, 0.2) is 9.84 Å². The molecule has 1 aromatic rings. The van der Waals surface area contributed by atoms with Crippen LogP contribution >= 0.6 is 0 Å². The predicted octanol–water partition coefficient (Wildman–Crippen LogP) is 0.123. The van der Waals surface area contributed by atoms with Crippen LogP contribution in [0.5, 0.6) is 0 Å². The van der Waals surface area contributed by atoms with Gasteiger partial charge in [0.2, 0.25) is 11.8 Å². The molecule has 2 amide bonds. The molecule has 1 unspecified atom stereocenters. The van der Waals surface area contributed by atoms with Gasteiger partial charge in [-0.1, -0.05) is 6.07 Å². The maximum absolute atomic E-state index is 11.9. The largest absolute Gasteiger partial charge is 0.350 e. The summed E-state index contributed by atoms with van der Waals surface area (Å²) >= 11 is 0. The van der Waals surface area contributed by atoms with Crippen LogP contribution in [0.25, 0.3) is 0 Å². The molecular weight excluding hydrogens is 318 g/mol. The van der Waals surface area contributed by atoms with Gasteiger partial charge >= 0.3 is 0 Å². The number of aromatic nitrogens is 1. The van der Waals surface area contributed by atoms with Crippen molar-refractivity contribution >= 4 is 21.7 Å². The topological polar surface area (TPSA) is 96.4 Å². The minimum absolute atomic E-state index is 0.0118. The Labute approximate surface area is 136 Å². The monoisotopic (exact) mass is 339 g/mol. The van der Waals surface area contributed by atoms with E-state index in [1.807, 2.05) is 12.1 Å². The maximum atomic E-state index is 11.9. The molecule has 0 aliphatic carbocycles. The van der Waals surface area contributed by atoms with Gasteiger partial charge < -0.3 is 10.2 Å². The van der Waals surface area contributed by atoms with Crippen LogP contribution in [-0.4, -0.2) is 54.2 Å². The molecule has 2 heterocycles. The number of pyridine rings is 1. The van der Waals surface area contributed by atoms with E-state index in [1.54, 1.807) is 12.3 Å². The summed E-state index contributed by atoms with van der Waals surface area (Å²) in [6.45, 7) is 1.96. The zero-order chi connectivity index (χ0) is 16.9. The molecule has 1 aromatic heterocycles. The van der Waals surface area contributed by atoms with Crippen molar-refractivity contribution in [2.75, 3.05) is 18.1 Å². The van der Waals surface area contributed by atoms with Crippen molar-refractivity contribution in [2.45, 2.75) is 32.4 Å². The Balaban J connectivity index is 1.82. The summed E-state index contributed by atoms with van der Waals surface area (Å²) in [6, 6.07) is 5.13. The van der Waals surface area contributed by atoms with Crippen molar-refractivity contribution in [3.63, 3.8) is 0 Å². The van der Waals surface area contributed by atoms with E-state index in [1.165, 1.54) is 11.8 Å². The van der Waals surface area contributed by atoms with E-state index in [0.29, 0.717) is 13.0 Å². The van der Waals surface area contributed by atoms with E-state index in [2.05, 4.69) is 10.3 Å². The summed E-state index contributed by atoms with van der Waals surface area (Å²) < 4.78 is 23.1. The van der Waals surface area contributed by atoms with Gasteiger partial charge in [-0.05, 0) is 18.6 Å². The molecule has 0 radical (unpaired) electrons. The molecule has 0 spiro atoms. The zero-order valence-corrected chi connectivity index (χ0v) is 13.9. The van der Waals surface area contributed by atoms with E-state index >= 15 is 0 Å². The third-order valence-electron chi connectivity index (χ3n) is 3.83. The second kappa shape index (κ2) is 7.54. The smallest absolute Gasteiger partial charge is 0.222 e. The van der Waals surface area contributed by atoms with E-state index in [-0.39, 0.29) is 42.3 Å². The van der Waals surface area contributed by atoms with Crippen molar-refractivity contribution in [2.24, 2.45) is 0 Å². The fourth-order valence-electron chi connectivity index (χ4n) is 2.62. The molecule has 1 saturated heterocycles. The number of carbonyl (C=O) groups excluding carboxylic acids is 2. The van der Waals surface area contributed by atoms with Crippen molar-refractivity contribution in [1.82, 2.24) is 15.2 Å². The van der Waals surface area contributed by atoms with Crippen LogP contribution < -0.4 is 5.32 Å². The molecule has 0 saturated carbocycles. The highest BCUT2D eigenvalue weighted by Gasteiger charge is 2.33. The fraction of sp³-hybridized carbons (Fsp3) is 0.533. The predicted molar refractivity (Wildman–Crippen MR) is 85.1 cm³/mol. The minimum Gasteiger partial charge on any atom is -0.350 e. The quantitative estimate of drug-likeness (QED) is 0.794. The van der Waals surface area contributed by atoms with Crippen LogP contribution in [0.4, 0.5) is 0 Å². The number of rotatable bonds is 6. The molecule has 1 atom stereocenters. The highest BCUT2D eigenvalue weighted by atomic mass is 32.2. The summed E-state index contributed by atoms with van der Waals surface area (Å²) in [5, 5.41) is 2.74. The summed E-state index contributed by atoms with van der Waals surface area (Å²) in [6.07, 6.45) is 2.24. The van der Waals surface area contributed by atoms with Crippen LogP contribution in [-0.2, 0) is 26.0 Å². The first-order valence-electron chi connectivity index (χ1n) is 7.51. The second-order valence-corrected chi connectivity index (χ2v) is 7.85. The maximum Gasteiger partial charge on any atom is 0.222 e. The van der Waals surface area contributed by atoms with Crippen LogP contribution in [0.2, 0.25) is 0 Å². The van der Waals surface area contributed by atoms with Gasteiger partial charge in [0.25, 0.3) is 0 Å². The highest BCUT2D eigenvalue weighted by molar-refractivity contribution is 7.91. The van der Waals surface area contributed by atoms with E-state index in [0.717, 1.165) is 5.69 Å². The molecule has 23 heavy (non-hydrogen) atoms. The summed E-state index contributed by atoms with van der Waals surface area (Å²) in [7, 11) is -3.06. The molecule has 1 aliphatic rings. The van der Waals surface area contributed by atoms with Crippen molar-refractivity contribution in [3.05, 3.63) is 30.1 Å². The highest BCUT2D eigenvalue weighted by Crippen LogP contribution is 2.18. The fourth-order valence-corrected chi connectivity index (χ4v) is 4.35. The lowest BCUT2D eigenvalue weighted by Crippen LogP contribution is -2.42. The van der Waals surface area contributed by atoms with Crippen LogP contribution in [0.15, 0.2) is 24.4 Å². The lowest BCUT2D eigenvalue weighted by molar-refractivity contribution is -0.131. The number of hydrogen-bond acceptors (Lipinski definition) is 5. The molecule has 0 bridgehead atoms. The van der Waals surface area contributed by atoms with Crippen molar-refractivity contribution < 1.29 is 18.0 Å². The molecule has 1 aliphatic heterocycles. The molecule has 8 heteroatoms. The first kappa shape index (κ1) is 17.4. The number of nitrogens with one attached hydrogen (secondary N) is 1. The van der Waals surface area contributed by atoms with E-state index in [4.69, 9.17) is 0 Å². The number of hydrogen-bond donors (Lipinski definition) is 1. The Morgan fingerprint density at radius 3 is 2.74 bits per heavy atom. The average Bonchev–Trinajstić information content (AvgIpc) is 2.86. The normalized spacial score (nSPS) is 19.3. The number of sulfone groups is 1. The van der Waals surface area contributed by atoms with Gasteiger partial charge in [0.1, 0.15) is 0 Å². The molecular formula is C15H21N3O4S. The van der Waals surface area contributed by atoms with Gasteiger partial charge in [0, 0.05) is 32.1 Å². The van der Waals surface area contributed by atoms with Crippen molar-refractivity contribution in [3.8, 4) is 0 Å². The van der Waals surface area contributed by atoms with Crippen LogP contribution in [0.1, 0.15) is 25.5 Å². The second-order valence-electron chi connectivity index (χ2n) is 5.62. The first-order chi connectivity index (χ1) is 10.9.